The van der Waals surface area contributed by atoms with Gasteiger partial charge in [-0.05, 0) is 44.3 Å². The molecular formula is C20H29N3O2. The first-order valence-electron chi connectivity index (χ1n) is 9.31. The molecule has 136 valence electrons. The first-order valence-corrected chi connectivity index (χ1v) is 9.31. The first kappa shape index (κ1) is 17.9. The Bertz CT molecular complexity index is 590. The number of rotatable bonds is 6. The summed E-state index contributed by atoms with van der Waals surface area (Å²) < 4.78 is 0. The van der Waals surface area contributed by atoms with Gasteiger partial charge in [0, 0.05) is 32.6 Å². The zero-order valence-corrected chi connectivity index (χ0v) is 15.4. The quantitative estimate of drug-likeness (QED) is 0.793. The summed E-state index contributed by atoms with van der Waals surface area (Å²) >= 11 is 0. The summed E-state index contributed by atoms with van der Waals surface area (Å²) in [5, 5.41) is 0. The van der Waals surface area contributed by atoms with E-state index in [9.17, 15) is 9.59 Å². The van der Waals surface area contributed by atoms with Crippen LogP contribution in [0.1, 0.15) is 31.2 Å². The molecule has 1 saturated heterocycles. The Morgan fingerprint density at radius 2 is 1.68 bits per heavy atom. The average molecular weight is 343 g/mol. The molecule has 2 amide bonds. The molecule has 1 heterocycles. The molecule has 5 heteroatoms. The minimum atomic E-state index is 0.116. The minimum absolute atomic E-state index is 0.116. The van der Waals surface area contributed by atoms with Gasteiger partial charge in [0.15, 0.2) is 0 Å². The highest BCUT2D eigenvalue weighted by Gasteiger charge is 2.34. The molecule has 25 heavy (non-hydrogen) atoms. The van der Waals surface area contributed by atoms with Gasteiger partial charge in [0.1, 0.15) is 0 Å². The monoisotopic (exact) mass is 343 g/mol. The number of carbonyl (C=O) groups excluding carboxylic acids is 2. The molecular weight excluding hydrogens is 314 g/mol. The van der Waals surface area contributed by atoms with E-state index in [1.165, 1.54) is 5.56 Å². The maximum absolute atomic E-state index is 12.8. The van der Waals surface area contributed by atoms with Gasteiger partial charge in [-0.2, -0.15) is 0 Å². The summed E-state index contributed by atoms with van der Waals surface area (Å²) in [4.78, 5) is 30.8. The predicted octanol–water partition coefficient (Wildman–Crippen LogP) is 1.98. The van der Waals surface area contributed by atoms with Gasteiger partial charge >= 0.3 is 0 Å². The Kier molecular flexibility index (Phi) is 5.74. The number of piperidine rings is 1. The lowest BCUT2D eigenvalue weighted by molar-refractivity contribution is -0.136. The lowest BCUT2D eigenvalue weighted by atomic mass is 9.95. The van der Waals surface area contributed by atoms with E-state index in [0.717, 1.165) is 38.8 Å². The number of hydrogen-bond acceptors (Lipinski definition) is 3. The predicted molar refractivity (Wildman–Crippen MR) is 97.9 cm³/mol. The Labute approximate surface area is 150 Å². The van der Waals surface area contributed by atoms with Crippen LogP contribution in [0.4, 0.5) is 0 Å². The lowest BCUT2D eigenvalue weighted by Gasteiger charge is -2.33. The summed E-state index contributed by atoms with van der Waals surface area (Å²) in [6.45, 7) is 2.85. The minimum Gasteiger partial charge on any atom is -0.349 e. The highest BCUT2D eigenvalue weighted by molar-refractivity contribution is 5.79. The van der Waals surface area contributed by atoms with Crippen LogP contribution in [-0.4, -0.2) is 66.3 Å². The Hall–Kier alpha value is -1.88. The standard InChI is InChI=1S/C20H29N3O2/c1-21(2)20(25)17-10-12-22(13-11-17)15-19(24)23(18-8-9-18)14-16-6-4-3-5-7-16/h3-7,17-18H,8-15H2,1-2H3. The molecule has 0 N–H and O–H groups in total. The van der Waals surface area contributed by atoms with Gasteiger partial charge in [0.25, 0.3) is 0 Å². The van der Waals surface area contributed by atoms with Crippen LogP contribution in [0.3, 0.4) is 0 Å². The number of hydrogen-bond donors (Lipinski definition) is 0. The number of likely N-dealkylation sites (tertiary alicyclic amines) is 1. The third-order valence-electron chi connectivity index (χ3n) is 5.24. The molecule has 0 radical (unpaired) electrons. The molecule has 2 fully saturated rings. The van der Waals surface area contributed by atoms with Crippen molar-refractivity contribution in [3.05, 3.63) is 35.9 Å². The molecule has 0 spiro atoms. The van der Waals surface area contributed by atoms with Crippen molar-refractivity contribution >= 4 is 11.8 Å². The van der Waals surface area contributed by atoms with E-state index in [1.807, 2.05) is 37.2 Å². The molecule has 2 aliphatic rings. The van der Waals surface area contributed by atoms with E-state index < -0.39 is 0 Å². The molecule has 1 saturated carbocycles. The first-order chi connectivity index (χ1) is 12.0. The smallest absolute Gasteiger partial charge is 0.237 e. The van der Waals surface area contributed by atoms with E-state index in [0.29, 0.717) is 19.1 Å². The van der Waals surface area contributed by atoms with Gasteiger partial charge in [0.05, 0.1) is 6.54 Å². The van der Waals surface area contributed by atoms with E-state index in [4.69, 9.17) is 0 Å². The van der Waals surface area contributed by atoms with Crippen LogP contribution >= 0.6 is 0 Å². The number of amides is 2. The van der Waals surface area contributed by atoms with Crippen LogP contribution in [0.25, 0.3) is 0 Å². The van der Waals surface area contributed by atoms with Gasteiger partial charge < -0.3 is 9.80 Å². The van der Waals surface area contributed by atoms with E-state index in [1.54, 1.807) is 4.90 Å². The van der Waals surface area contributed by atoms with E-state index in [-0.39, 0.29) is 17.7 Å². The fourth-order valence-electron chi connectivity index (χ4n) is 3.57. The van der Waals surface area contributed by atoms with Gasteiger partial charge in [0.2, 0.25) is 11.8 Å². The third kappa shape index (κ3) is 4.82. The second-order valence-corrected chi connectivity index (χ2v) is 7.52. The van der Waals surface area contributed by atoms with Crippen molar-refractivity contribution in [2.75, 3.05) is 33.7 Å². The van der Waals surface area contributed by atoms with Crippen LogP contribution in [0.15, 0.2) is 30.3 Å². The second kappa shape index (κ2) is 8.00. The molecule has 1 aliphatic heterocycles. The van der Waals surface area contributed by atoms with Gasteiger partial charge in [-0.3, -0.25) is 14.5 Å². The van der Waals surface area contributed by atoms with E-state index in [2.05, 4.69) is 17.0 Å². The average Bonchev–Trinajstić information content (AvgIpc) is 3.45. The van der Waals surface area contributed by atoms with Crippen molar-refractivity contribution in [1.29, 1.82) is 0 Å². The summed E-state index contributed by atoms with van der Waals surface area (Å²) in [5.41, 5.74) is 1.19. The number of nitrogens with zero attached hydrogens (tertiary/aromatic N) is 3. The molecule has 5 nitrogen and oxygen atoms in total. The highest BCUT2D eigenvalue weighted by atomic mass is 16.2. The van der Waals surface area contributed by atoms with Crippen molar-refractivity contribution in [3.63, 3.8) is 0 Å². The fraction of sp³-hybridized carbons (Fsp3) is 0.600. The maximum atomic E-state index is 12.8. The summed E-state index contributed by atoms with van der Waals surface area (Å²) in [5.74, 6) is 0.559. The zero-order valence-electron chi connectivity index (χ0n) is 15.4. The van der Waals surface area contributed by atoms with E-state index >= 15 is 0 Å². The molecule has 1 aliphatic carbocycles. The van der Waals surface area contributed by atoms with Crippen LogP contribution < -0.4 is 0 Å². The third-order valence-corrected chi connectivity index (χ3v) is 5.24. The summed E-state index contributed by atoms with van der Waals surface area (Å²) in [6, 6.07) is 10.6. The zero-order chi connectivity index (χ0) is 17.8. The second-order valence-electron chi connectivity index (χ2n) is 7.52. The maximum Gasteiger partial charge on any atom is 0.237 e. The van der Waals surface area contributed by atoms with Gasteiger partial charge in [-0.15, -0.1) is 0 Å². The Morgan fingerprint density at radius 1 is 1.04 bits per heavy atom. The summed E-state index contributed by atoms with van der Waals surface area (Å²) in [6.07, 6.45) is 3.95. The van der Waals surface area contributed by atoms with Crippen LogP contribution in [0, 0.1) is 5.92 Å². The number of benzene rings is 1. The van der Waals surface area contributed by atoms with Crippen molar-refractivity contribution in [3.8, 4) is 0 Å². The molecule has 1 aromatic rings. The SMILES string of the molecule is CN(C)C(=O)C1CCN(CC(=O)N(Cc2ccccc2)C2CC2)CC1. The van der Waals surface area contributed by atoms with Crippen molar-refractivity contribution in [2.45, 2.75) is 38.3 Å². The normalized spacial score (nSPS) is 18.8. The topological polar surface area (TPSA) is 43.9 Å². The molecule has 0 atom stereocenters. The van der Waals surface area contributed by atoms with Crippen LogP contribution in [0.2, 0.25) is 0 Å². The molecule has 3 rings (SSSR count). The van der Waals surface area contributed by atoms with Crippen molar-refractivity contribution < 1.29 is 9.59 Å². The largest absolute Gasteiger partial charge is 0.349 e. The van der Waals surface area contributed by atoms with Gasteiger partial charge in [-0.25, -0.2) is 0 Å². The Morgan fingerprint density at radius 3 is 2.24 bits per heavy atom. The summed E-state index contributed by atoms with van der Waals surface area (Å²) in [7, 11) is 3.63. The molecule has 0 unspecified atom stereocenters. The highest BCUT2D eigenvalue weighted by Crippen LogP contribution is 2.29. The number of carbonyl (C=O) groups is 2. The van der Waals surface area contributed by atoms with Crippen LogP contribution in [-0.2, 0) is 16.1 Å². The Balaban J connectivity index is 1.52. The molecule has 0 aromatic heterocycles. The molecule has 1 aromatic carbocycles. The van der Waals surface area contributed by atoms with Crippen molar-refractivity contribution in [1.82, 2.24) is 14.7 Å². The lowest BCUT2D eigenvalue weighted by Crippen LogP contribution is -2.45. The van der Waals surface area contributed by atoms with Crippen molar-refractivity contribution in [2.24, 2.45) is 5.92 Å². The fourth-order valence-corrected chi connectivity index (χ4v) is 3.57. The molecule has 0 bridgehead atoms. The van der Waals surface area contributed by atoms with Crippen LogP contribution in [0.5, 0.6) is 0 Å². The van der Waals surface area contributed by atoms with Gasteiger partial charge in [-0.1, -0.05) is 30.3 Å².